The molecule has 38 heavy (non-hydrogen) atoms. The minimum absolute atomic E-state index is 0.0199. The van der Waals surface area contributed by atoms with E-state index in [9.17, 15) is 24.0 Å². The molecule has 1 aromatic carbocycles. The fourth-order valence-corrected chi connectivity index (χ4v) is 3.42. The smallest absolute Gasteiger partial charge is 0.328 e. The molecule has 0 radical (unpaired) electrons. The summed E-state index contributed by atoms with van der Waals surface area (Å²) in [6.07, 6.45) is 2.71. The third-order valence-corrected chi connectivity index (χ3v) is 5.34. The zero-order chi connectivity index (χ0) is 28.1. The summed E-state index contributed by atoms with van der Waals surface area (Å²) in [6.45, 7) is 6.79. The van der Waals surface area contributed by atoms with E-state index in [1.54, 1.807) is 52.0 Å². The average molecular weight is 534 g/mol. The van der Waals surface area contributed by atoms with Crippen LogP contribution in [0.25, 0.3) is 6.08 Å². The molecular formula is C26H35N3O9. The number of hydrogen-bond acceptors (Lipinski definition) is 9. The molecule has 0 unspecified atom stereocenters. The lowest BCUT2D eigenvalue weighted by molar-refractivity contribution is -0.149. The van der Waals surface area contributed by atoms with Crippen LogP contribution in [0.1, 0.15) is 46.1 Å². The van der Waals surface area contributed by atoms with Crippen LogP contribution in [0, 0.1) is 5.92 Å². The molecule has 208 valence electrons. The number of fused-ring (bicyclic) bond motifs is 1. The number of nitrogens with one attached hydrogen (secondary N) is 3. The summed E-state index contributed by atoms with van der Waals surface area (Å²) in [7, 11) is 0. The Hall–Kier alpha value is -4.09. The molecule has 3 N–H and O–H groups in total. The van der Waals surface area contributed by atoms with E-state index in [0.29, 0.717) is 17.1 Å². The molecule has 0 saturated carbocycles. The summed E-state index contributed by atoms with van der Waals surface area (Å²) < 4.78 is 20.4. The molecule has 3 amide bonds. The predicted octanol–water partition coefficient (Wildman–Crippen LogP) is 1.08. The van der Waals surface area contributed by atoms with E-state index in [1.807, 2.05) is 0 Å². The highest BCUT2D eigenvalue weighted by Gasteiger charge is 2.30. The van der Waals surface area contributed by atoms with Crippen molar-refractivity contribution < 1.29 is 42.9 Å². The van der Waals surface area contributed by atoms with Crippen molar-refractivity contribution in [3.8, 4) is 11.5 Å². The Morgan fingerprint density at radius 2 is 1.71 bits per heavy atom. The summed E-state index contributed by atoms with van der Waals surface area (Å²) in [4.78, 5) is 61.6. The van der Waals surface area contributed by atoms with Crippen LogP contribution in [0.3, 0.4) is 0 Å². The van der Waals surface area contributed by atoms with Gasteiger partial charge in [0, 0.05) is 12.5 Å². The molecule has 12 nitrogen and oxygen atoms in total. The Bertz CT molecular complexity index is 1040. The Balaban J connectivity index is 1.90. The van der Waals surface area contributed by atoms with Crippen LogP contribution in [0.4, 0.5) is 0 Å². The monoisotopic (exact) mass is 533 g/mol. The van der Waals surface area contributed by atoms with Gasteiger partial charge in [-0.25, -0.2) is 4.79 Å². The lowest BCUT2D eigenvalue weighted by Gasteiger charge is -2.24. The SMILES string of the molecule is CCOC(=O)CC[C@@H](NC(=O)[C@@H](NC(=O)CNC(=O)/C=C/c1ccc2c(c1)OCO2)C(C)C)C(=O)OCC. The standard InChI is InChI=1S/C26H35N3O9/c1-5-35-23(32)12-9-18(26(34)36-6-2)28-25(33)24(16(3)4)29-22(31)14-27-21(30)11-8-17-7-10-19-20(13-17)38-15-37-19/h7-8,10-11,13,16,18,24H,5-6,9,12,14-15H2,1-4H3,(H,27,30)(H,28,33)(H,29,31)/b11-8+/t18-,24+/m1/s1. The third kappa shape index (κ3) is 9.75. The quantitative estimate of drug-likeness (QED) is 0.235. The highest BCUT2D eigenvalue weighted by Crippen LogP contribution is 2.32. The molecule has 12 heteroatoms. The van der Waals surface area contributed by atoms with E-state index < -0.39 is 41.7 Å². The summed E-state index contributed by atoms with van der Waals surface area (Å²) in [5.74, 6) is -2.06. The van der Waals surface area contributed by atoms with Crippen molar-refractivity contribution in [1.29, 1.82) is 0 Å². The zero-order valence-corrected chi connectivity index (χ0v) is 22.0. The van der Waals surface area contributed by atoms with E-state index in [0.717, 1.165) is 0 Å². The topological polar surface area (TPSA) is 158 Å². The molecule has 0 fully saturated rings. The first kappa shape index (κ1) is 30.1. The van der Waals surface area contributed by atoms with Gasteiger partial charge in [0.05, 0.1) is 19.8 Å². The predicted molar refractivity (Wildman–Crippen MR) is 136 cm³/mol. The normalized spacial score (nSPS) is 13.5. The molecule has 0 bridgehead atoms. The van der Waals surface area contributed by atoms with E-state index in [1.165, 1.54) is 6.08 Å². The van der Waals surface area contributed by atoms with Crippen LogP contribution in [-0.2, 0) is 33.4 Å². The first-order chi connectivity index (χ1) is 18.1. The lowest BCUT2D eigenvalue weighted by atomic mass is 10.0. The molecule has 2 atom stereocenters. The summed E-state index contributed by atoms with van der Waals surface area (Å²) in [5.41, 5.74) is 0.713. The van der Waals surface area contributed by atoms with E-state index in [2.05, 4.69) is 16.0 Å². The average Bonchev–Trinajstić information content (AvgIpc) is 3.35. The van der Waals surface area contributed by atoms with E-state index in [-0.39, 0.29) is 45.3 Å². The summed E-state index contributed by atoms with van der Waals surface area (Å²) in [5, 5.41) is 7.58. The largest absolute Gasteiger partial charge is 0.466 e. The maximum atomic E-state index is 12.9. The maximum Gasteiger partial charge on any atom is 0.328 e. The first-order valence-corrected chi connectivity index (χ1v) is 12.4. The molecule has 1 aliphatic rings. The van der Waals surface area contributed by atoms with Gasteiger partial charge in [-0.1, -0.05) is 19.9 Å². The fraction of sp³-hybridized carbons (Fsp3) is 0.500. The van der Waals surface area contributed by atoms with Gasteiger partial charge in [0.25, 0.3) is 0 Å². The molecule has 0 aromatic heterocycles. The Morgan fingerprint density at radius 1 is 1.00 bits per heavy atom. The summed E-state index contributed by atoms with van der Waals surface area (Å²) in [6, 6.07) is 3.12. The Kier molecular flexibility index (Phi) is 12.1. The second-order valence-electron chi connectivity index (χ2n) is 8.61. The van der Waals surface area contributed by atoms with Crippen molar-refractivity contribution in [2.75, 3.05) is 26.6 Å². The van der Waals surface area contributed by atoms with Crippen LogP contribution < -0.4 is 25.4 Å². The number of esters is 2. The van der Waals surface area contributed by atoms with Gasteiger partial charge < -0.3 is 34.9 Å². The number of rotatable bonds is 14. The van der Waals surface area contributed by atoms with Crippen molar-refractivity contribution >= 4 is 35.7 Å². The lowest BCUT2D eigenvalue weighted by Crippen LogP contribution is -2.55. The second-order valence-corrected chi connectivity index (χ2v) is 8.61. The minimum Gasteiger partial charge on any atom is -0.466 e. The van der Waals surface area contributed by atoms with Crippen LogP contribution >= 0.6 is 0 Å². The van der Waals surface area contributed by atoms with Crippen molar-refractivity contribution in [2.45, 2.75) is 52.6 Å². The number of ether oxygens (including phenoxy) is 4. The second kappa shape index (κ2) is 15.2. The fourth-order valence-electron chi connectivity index (χ4n) is 3.42. The van der Waals surface area contributed by atoms with Crippen LogP contribution in [0.5, 0.6) is 11.5 Å². The third-order valence-electron chi connectivity index (χ3n) is 5.34. The number of hydrogen-bond donors (Lipinski definition) is 3. The zero-order valence-electron chi connectivity index (χ0n) is 22.0. The summed E-state index contributed by atoms with van der Waals surface area (Å²) >= 11 is 0. The van der Waals surface area contributed by atoms with E-state index in [4.69, 9.17) is 18.9 Å². The van der Waals surface area contributed by atoms with Gasteiger partial charge in [-0.05, 0) is 50.0 Å². The number of carbonyl (C=O) groups excluding carboxylic acids is 5. The Labute approximate surface area is 221 Å². The number of carbonyl (C=O) groups is 5. The molecule has 1 aromatic rings. The van der Waals surface area contributed by atoms with Crippen LogP contribution in [0.15, 0.2) is 24.3 Å². The van der Waals surface area contributed by atoms with E-state index >= 15 is 0 Å². The molecule has 0 saturated heterocycles. The molecule has 1 aliphatic heterocycles. The van der Waals surface area contributed by atoms with Gasteiger partial charge in [0.15, 0.2) is 11.5 Å². The van der Waals surface area contributed by atoms with Gasteiger partial charge in [-0.2, -0.15) is 0 Å². The maximum absolute atomic E-state index is 12.9. The molecule has 0 aliphatic carbocycles. The van der Waals surface area contributed by atoms with Crippen LogP contribution in [0.2, 0.25) is 0 Å². The molecule has 1 heterocycles. The molecule has 0 spiro atoms. The Morgan fingerprint density at radius 3 is 2.39 bits per heavy atom. The first-order valence-electron chi connectivity index (χ1n) is 12.4. The number of amides is 3. The van der Waals surface area contributed by atoms with Gasteiger partial charge >= 0.3 is 11.9 Å². The minimum atomic E-state index is -1.09. The highest BCUT2D eigenvalue weighted by atomic mass is 16.7. The van der Waals surface area contributed by atoms with Crippen molar-refractivity contribution in [3.63, 3.8) is 0 Å². The molecular weight excluding hydrogens is 498 g/mol. The van der Waals surface area contributed by atoms with Crippen molar-refractivity contribution in [2.24, 2.45) is 5.92 Å². The highest BCUT2D eigenvalue weighted by molar-refractivity contribution is 5.96. The van der Waals surface area contributed by atoms with Gasteiger partial charge in [0.1, 0.15) is 12.1 Å². The van der Waals surface area contributed by atoms with Crippen LogP contribution in [-0.4, -0.2) is 68.3 Å². The molecule has 2 rings (SSSR count). The van der Waals surface area contributed by atoms with Gasteiger partial charge in [-0.15, -0.1) is 0 Å². The van der Waals surface area contributed by atoms with Gasteiger partial charge in [0.2, 0.25) is 24.5 Å². The van der Waals surface area contributed by atoms with Crippen molar-refractivity contribution in [1.82, 2.24) is 16.0 Å². The van der Waals surface area contributed by atoms with Crippen molar-refractivity contribution in [3.05, 3.63) is 29.8 Å². The number of benzene rings is 1. The van der Waals surface area contributed by atoms with Gasteiger partial charge in [-0.3, -0.25) is 19.2 Å².